The van der Waals surface area contributed by atoms with Crippen LogP contribution in [-0.4, -0.2) is 53.6 Å². The maximum atomic E-state index is 13.4. The number of likely N-dealkylation sites (tertiary alicyclic amines) is 1. The number of ether oxygens (including phenoxy) is 1. The fourth-order valence-electron chi connectivity index (χ4n) is 5.33. The first kappa shape index (κ1) is 23.4. The molecule has 0 aliphatic carbocycles. The zero-order valence-corrected chi connectivity index (χ0v) is 20.2. The molecule has 182 valence electrons. The molecule has 5 nitrogen and oxygen atoms in total. The Kier molecular flexibility index (Phi) is 7.34. The van der Waals surface area contributed by atoms with Crippen LogP contribution < -0.4 is 4.74 Å². The summed E-state index contributed by atoms with van der Waals surface area (Å²) in [6, 6.07) is 23.7. The lowest BCUT2D eigenvalue weighted by Gasteiger charge is -2.38. The second-order valence-electron chi connectivity index (χ2n) is 9.57. The van der Waals surface area contributed by atoms with Crippen molar-refractivity contribution in [2.45, 2.75) is 38.1 Å². The van der Waals surface area contributed by atoms with Gasteiger partial charge in [-0.2, -0.15) is 0 Å². The van der Waals surface area contributed by atoms with Gasteiger partial charge in [0.25, 0.3) is 0 Å². The molecule has 1 fully saturated rings. The second kappa shape index (κ2) is 11.0. The summed E-state index contributed by atoms with van der Waals surface area (Å²) in [6.07, 6.45) is 4.53. The Morgan fingerprint density at radius 1 is 0.943 bits per heavy atom. The van der Waals surface area contributed by atoms with Gasteiger partial charge < -0.3 is 14.7 Å². The molecule has 0 saturated carbocycles. The minimum Gasteiger partial charge on any atom is -0.508 e. The summed E-state index contributed by atoms with van der Waals surface area (Å²) in [5.41, 5.74) is 4.43. The summed E-state index contributed by atoms with van der Waals surface area (Å²) in [6.45, 7) is 4.64. The summed E-state index contributed by atoms with van der Waals surface area (Å²) >= 11 is 0. The number of phenolic OH excluding ortho intramolecular Hbond substituents is 1. The van der Waals surface area contributed by atoms with Crippen LogP contribution in [0.25, 0.3) is 0 Å². The number of nitrogens with zero attached hydrogens (tertiary/aromatic N) is 2. The molecule has 2 aliphatic heterocycles. The van der Waals surface area contributed by atoms with Gasteiger partial charge in [-0.05, 0) is 85.3 Å². The van der Waals surface area contributed by atoms with Crippen LogP contribution >= 0.6 is 0 Å². The molecule has 1 atom stereocenters. The van der Waals surface area contributed by atoms with E-state index in [1.165, 1.54) is 31.5 Å². The highest BCUT2D eigenvalue weighted by molar-refractivity contribution is 5.78. The molecule has 1 saturated heterocycles. The number of carbonyl (C=O) groups excluding carboxylic acids is 1. The zero-order chi connectivity index (χ0) is 24.0. The molecule has 1 N–H and O–H groups in total. The highest BCUT2D eigenvalue weighted by atomic mass is 16.5. The van der Waals surface area contributed by atoms with Crippen LogP contribution in [0.3, 0.4) is 0 Å². The van der Waals surface area contributed by atoms with Crippen LogP contribution in [0, 0.1) is 0 Å². The van der Waals surface area contributed by atoms with E-state index in [4.69, 9.17) is 4.74 Å². The number of hydrogen-bond acceptors (Lipinski definition) is 4. The van der Waals surface area contributed by atoms with Crippen LogP contribution in [0.1, 0.15) is 47.6 Å². The molecule has 3 aromatic carbocycles. The SMILES string of the molecule is O=C(CCc1ccccc1)N1CCc2cc(O)ccc2C1c1ccc(OCCN2CCCC2)cc1. The van der Waals surface area contributed by atoms with Crippen LogP contribution in [0.15, 0.2) is 72.8 Å². The fourth-order valence-corrected chi connectivity index (χ4v) is 5.33. The molecule has 2 heterocycles. The van der Waals surface area contributed by atoms with Crippen molar-refractivity contribution in [3.05, 3.63) is 95.1 Å². The molecule has 0 bridgehead atoms. The third-order valence-electron chi connectivity index (χ3n) is 7.22. The predicted molar refractivity (Wildman–Crippen MR) is 138 cm³/mol. The van der Waals surface area contributed by atoms with Crippen molar-refractivity contribution >= 4 is 5.91 Å². The Bertz CT molecular complexity index is 1120. The first-order valence-electron chi connectivity index (χ1n) is 12.8. The molecule has 35 heavy (non-hydrogen) atoms. The molecule has 5 rings (SSSR count). The lowest BCUT2D eigenvalue weighted by Crippen LogP contribution is -2.40. The van der Waals surface area contributed by atoms with Crippen LogP contribution in [0.4, 0.5) is 0 Å². The van der Waals surface area contributed by atoms with Crippen molar-refractivity contribution in [1.29, 1.82) is 0 Å². The van der Waals surface area contributed by atoms with Crippen molar-refractivity contribution in [2.75, 3.05) is 32.8 Å². The molecular weight excluding hydrogens is 436 g/mol. The number of aromatic hydroxyl groups is 1. The number of amides is 1. The summed E-state index contributed by atoms with van der Waals surface area (Å²) in [5, 5.41) is 10.0. The van der Waals surface area contributed by atoms with Crippen molar-refractivity contribution in [1.82, 2.24) is 9.80 Å². The van der Waals surface area contributed by atoms with E-state index in [1.807, 2.05) is 47.4 Å². The minimum atomic E-state index is -0.165. The van der Waals surface area contributed by atoms with E-state index in [-0.39, 0.29) is 17.7 Å². The number of phenols is 1. The molecule has 2 aliphatic rings. The van der Waals surface area contributed by atoms with Gasteiger partial charge in [0, 0.05) is 19.5 Å². The zero-order valence-electron chi connectivity index (χ0n) is 20.2. The molecule has 0 aromatic heterocycles. The van der Waals surface area contributed by atoms with Crippen LogP contribution in [-0.2, 0) is 17.6 Å². The third-order valence-corrected chi connectivity index (χ3v) is 7.22. The fraction of sp³-hybridized carbons (Fsp3) is 0.367. The second-order valence-corrected chi connectivity index (χ2v) is 9.57. The van der Waals surface area contributed by atoms with Gasteiger partial charge in [0.15, 0.2) is 0 Å². The van der Waals surface area contributed by atoms with Gasteiger partial charge >= 0.3 is 0 Å². The van der Waals surface area contributed by atoms with E-state index in [2.05, 4.69) is 29.2 Å². The van der Waals surface area contributed by atoms with Gasteiger partial charge in [-0.1, -0.05) is 48.5 Å². The lowest BCUT2D eigenvalue weighted by atomic mass is 9.87. The molecule has 0 radical (unpaired) electrons. The molecule has 1 unspecified atom stereocenters. The first-order valence-corrected chi connectivity index (χ1v) is 12.8. The average Bonchev–Trinajstić information content (AvgIpc) is 3.41. The molecular formula is C30H34N2O3. The number of rotatable bonds is 8. The van der Waals surface area contributed by atoms with E-state index in [1.54, 1.807) is 6.07 Å². The maximum absolute atomic E-state index is 13.4. The molecule has 3 aromatic rings. The van der Waals surface area contributed by atoms with Gasteiger partial charge in [-0.25, -0.2) is 0 Å². The Hall–Kier alpha value is -3.31. The lowest BCUT2D eigenvalue weighted by molar-refractivity contribution is -0.133. The smallest absolute Gasteiger partial charge is 0.223 e. The van der Waals surface area contributed by atoms with Gasteiger partial charge in [-0.15, -0.1) is 0 Å². The van der Waals surface area contributed by atoms with Crippen LogP contribution in [0.2, 0.25) is 0 Å². The van der Waals surface area contributed by atoms with Crippen molar-refractivity contribution < 1.29 is 14.6 Å². The van der Waals surface area contributed by atoms with Gasteiger partial charge in [0.05, 0.1) is 6.04 Å². The molecule has 5 heteroatoms. The summed E-state index contributed by atoms with van der Waals surface area (Å²) in [5.74, 6) is 1.29. The van der Waals surface area contributed by atoms with E-state index >= 15 is 0 Å². The van der Waals surface area contributed by atoms with E-state index in [0.717, 1.165) is 41.8 Å². The monoisotopic (exact) mass is 470 g/mol. The number of aryl methyl sites for hydroxylation is 1. The number of carbonyl (C=O) groups is 1. The van der Waals surface area contributed by atoms with E-state index in [9.17, 15) is 9.90 Å². The molecule has 0 spiro atoms. The summed E-state index contributed by atoms with van der Waals surface area (Å²) in [7, 11) is 0. The van der Waals surface area contributed by atoms with Gasteiger partial charge in [0.1, 0.15) is 18.1 Å². The largest absolute Gasteiger partial charge is 0.508 e. The number of hydrogen-bond donors (Lipinski definition) is 1. The van der Waals surface area contributed by atoms with Crippen LogP contribution in [0.5, 0.6) is 11.5 Å². The average molecular weight is 471 g/mol. The van der Waals surface area contributed by atoms with Crippen molar-refractivity contribution in [3.63, 3.8) is 0 Å². The minimum absolute atomic E-state index is 0.156. The molecule has 1 amide bonds. The first-order chi connectivity index (χ1) is 17.2. The standard InChI is InChI=1S/C30H34N2O3/c33-26-11-14-28-25(22-26)16-19-32(29(34)15-8-23-6-2-1-3-7-23)30(28)24-9-12-27(13-10-24)35-21-20-31-17-4-5-18-31/h1-3,6-7,9-14,22,30,33H,4-5,8,15-21H2. The number of benzene rings is 3. The quantitative estimate of drug-likeness (QED) is 0.505. The van der Waals surface area contributed by atoms with Crippen molar-refractivity contribution in [3.8, 4) is 11.5 Å². The van der Waals surface area contributed by atoms with Gasteiger partial charge in [0.2, 0.25) is 5.91 Å². The Morgan fingerprint density at radius 3 is 2.49 bits per heavy atom. The maximum Gasteiger partial charge on any atom is 0.223 e. The highest BCUT2D eigenvalue weighted by Crippen LogP contribution is 2.37. The summed E-state index contributed by atoms with van der Waals surface area (Å²) < 4.78 is 6.00. The number of fused-ring (bicyclic) bond motifs is 1. The summed E-state index contributed by atoms with van der Waals surface area (Å²) in [4.78, 5) is 17.9. The van der Waals surface area contributed by atoms with E-state index in [0.29, 0.717) is 19.6 Å². The predicted octanol–water partition coefficient (Wildman–Crippen LogP) is 4.97. The normalized spacial score (nSPS) is 17.8. The Labute approximate surface area is 208 Å². The van der Waals surface area contributed by atoms with E-state index < -0.39 is 0 Å². The third kappa shape index (κ3) is 5.68. The Morgan fingerprint density at radius 2 is 1.71 bits per heavy atom. The van der Waals surface area contributed by atoms with Crippen molar-refractivity contribution in [2.24, 2.45) is 0 Å². The van der Waals surface area contributed by atoms with Gasteiger partial charge in [-0.3, -0.25) is 9.69 Å². The topological polar surface area (TPSA) is 53.0 Å². The Balaban J connectivity index is 1.32. The highest BCUT2D eigenvalue weighted by Gasteiger charge is 2.32.